The Balaban J connectivity index is 2.12. The van der Waals surface area contributed by atoms with Crippen LogP contribution in [0.5, 0.6) is 0 Å². The highest BCUT2D eigenvalue weighted by Crippen LogP contribution is 2.33. The van der Waals surface area contributed by atoms with E-state index in [0.717, 1.165) is 47.1 Å². The third kappa shape index (κ3) is 3.11. The monoisotopic (exact) mass is 403 g/mol. The molecule has 0 bridgehead atoms. The second-order valence-electron chi connectivity index (χ2n) is 6.70. The van der Waals surface area contributed by atoms with E-state index in [0.29, 0.717) is 20.9 Å². The molecule has 0 radical (unpaired) electrons. The first-order chi connectivity index (χ1) is 13.0. The molecule has 3 aromatic rings. The molecule has 2 N–H and O–H groups in total. The molecule has 0 unspecified atom stereocenters. The fourth-order valence-corrected chi connectivity index (χ4v) is 5.24. The van der Waals surface area contributed by atoms with Crippen molar-refractivity contribution in [1.82, 2.24) is 9.13 Å². The molecular formula is C19H18ClN3O3S. The predicted octanol–water partition coefficient (Wildman–Crippen LogP) is 2.62. The van der Waals surface area contributed by atoms with Gasteiger partial charge in [0, 0.05) is 9.90 Å². The zero-order valence-corrected chi connectivity index (χ0v) is 16.1. The molecule has 8 heteroatoms. The number of nitrogens with two attached hydrogens (primary N) is 1. The van der Waals surface area contributed by atoms with Gasteiger partial charge >= 0.3 is 5.69 Å². The minimum atomic E-state index is -0.627. The van der Waals surface area contributed by atoms with E-state index in [9.17, 15) is 14.4 Å². The van der Waals surface area contributed by atoms with Crippen molar-refractivity contribution in [3.05, 3.63) is 60.6 Å². The minimum Gasteiger partial charge on any atom is -0.368 e. The van der Waals surface area contributed by atoms with Gasteiger partial charge in [-0.15, -0.1) is 11.3 Å². The zero-order chi connectivity index (χ0) is 19.1. The number of halogens is 1. The van der Waals surface area contributed by atoms with Gasteiger partial charge in [0.15, 0.2) is 0 Å². The van der Waals surface area contributed by atoms with E-state index in [1.807, 2.05) is 0 Å². The van der Waals surface area contributed by atoms with Crippen LogP contribution >= 0.6 is 22.9 Å². The Morgan fingerprint density at radius 1 is 1.19 bits per heavy atom. The number of hydrogen-bond acceptors (Lipinski definition) is 4. The van der Waals surface area contributed by atoms with Gasteiger partial charge in [0.25, 0.3) is 5.56 Å². The fourth-order valence-electron chi connectivity index (χ4n) is 3.68. The lowest BCUT2D eigenvalue weighted by molar-refractivity contribution is -0.118. The van der Waals surface area contributed by atoms with Crippen LogP contribution in [0.2, 0.25) is 5.02 Å². The summed E-state index contributed by atoms with van der Waals surface area (Å²) in [6, 6.07) is 6.57. The number of nitrogens with zero attached hydrogens (tertiary/aromatic N) is 2. The van der Waals surface area contributed by atoms with Crippen molar-refractivity contribution in [3.8, 4) is 5.69 Å². The third-order valence-electron chi connectivity index (χ3n) is 4.87. The summed E-state index contributed by atoms with van der Waals surface area (Å²) in [7, 11) is 0. The molecule has 2 aromatic heterocycles. The highest BCUT2D eigenvalue weighted by atomic mass is 35.5. The van der Waals surface area contributed by atoms with Gasteiger partial charge in [-0.25, -0.2) is 9.36 Å². The first-order valence-corrected chi connectivity index (χ1v) is 10.0. The van der Waals surface area contributed by atoms with Gasteiger partial charge in [-0.3, -0.25) is 14.2 Å². The van der Waals surface area contributed by atoms with Crippen LogP contribution in [0.15, 0.2) is 33.9 Å². The normalized spacial score (nSPS) is 14.1. The van der Waals surface area contributed by atoms with E-state index in [1.165, 1.54) is 15.9 Å². The van der Waals surface area contributed by atoms with Gasteiger partial charge in [0.05, 0.1) is 11.1 Å². The summed E-state index contributed by atoms with van der Waals surface area (Å²) in [5.74, 6) is -0.627. The van der Waals surface area contributed by atoms with Crippen LogP contribution < -0.4 is 17.0 Å². The van der Waals surface area contributed by atoms with E-state index in [2.05, 4.69) is 0 Å². The first kappa shape index (κ1) is 18.0. The summed E-state index contributed by atoms with van der Waals surface area (Å²) in [5.41, 5.74) is 5.82. The van der Waals surface area contributed by atoms with Crippen molar-refractivity contribution in [2.45, 2.75) is 38.6 Å². The van der Waals surface area contributed by atoms with E-state index >= 15 is 0 Å². The predicted molar refractivity (Wildman–Crippen MR) is 107 cm³/mol. The average Bonchev–Trinajstić information content (AvgIpc) is 2.82. The average molecular weight is 404 g/mol. The van der Waals surface area contributed by atoms with Crippen molar-refractivity contribution < 1.29 is 4.79 Å². The van der Waals surface area contributed by atoms with Crippen molar-refractivity contribution in [2.75, 3.05) is 0 Å². The van der Waals surface area contributed by atoms with Crippen LogP contribution in [0.3, 0.4) is 0 Å². The number of amides is 1. The summed E-state index contributed by atoms with van der Waals surface area (Å²) >= 11 is 7.49. The largest absolute Gasteiger partial charge is 0.368 e. The molecule has 0 aliphatic heterocycles. The number of primary amides is 1. The molecule has 0 spiro atoms. The van der Waals surface area contributed by atoms with Crippen LogP contribution in [-0.4, -0.2) is 15.0 Å². The number of hydrogen-bond donors (Lipinski definition) is 1. The lowest BCUT2D eigenvalue weighted by atomic mass is 10.1. The third-order valence-corrected chi connectivity index (χ3v) is 6.42. The summed E-state index contributed by atoms with van der Waals surface area (Å²) in [4.78, 5) is 39.7. The number of benzene rings is 1. The smallest absolute Gasteiger partial charge is 0.337 e. The molecule has 6 nitrogen and oxygen atoms in total. The standard InChI is InChI=1S/C19H18ClN3O3S/c20-11-5-4-6-12(9-11)23-17(25)16-13-7-2-1-3-8-14(13)27-18(16)22(19(23)26)10-15(21)24/h4-6,9H,1-3,7-8,10H2,(H2,21,24). The molecule has 0 saturated heterocycles. The quantitative estimate of drug-likeness (QED) is 0.682. The molecule has 1 aromatic carbocycles. The van der Waals surface area contributed by atoms with Gasteiger partial charge in [0.1, 0.15) is 11.4 Å². The highest BCUT2D eigenvalue weighted by molar-refractivity contribution is 7.18. The van der Waals surface area contributed by atoms with E-state index in [1.54, 1.807) is 24.3 Å². The van der Waals surface area contributed by atoms with Crippen LogP contribution in [0, 0.1) is 0 Å². The van der Waals surface area contributed by atoms with E-state index < -0.39 is 11.6 Å². The number of fused-ring (bicyclic) bond motifs is 3. The maximum atomic E-state index is 13.3. The Kier molecular flexibility index (Phi) is 4.65. The highest BCUT2D eigenvalue weighted by Gasteiger charge is 2.24. The van der Waals surface area contributed by atoms with Gasteiger partial charge in [-0.1, -0.05) is 24.1 Å². The molecule has 0 atom stereocenters. The first-order valence-electron chi connectivity index (χ1n) is 8.81. The summed E-state index contributed by atoms with van der Waals surface area (Å²) in [5, 5.41) is 0.947. The second kappa shape index (κ2) is 6.98. The van der Waals surface area contributed by atoms with Crippen molar-refractivity contribution >= 4 is 39.1 Å². The molecule has 1 aliphatic rings. The molecule has 4 rings (SSSR count). The zero-order valence-electron chi connectivity index (χ0n) is 14.5. The van der Waals surface area contributed by atoms with Crippen LogP contribution in [-0.2, 0) is 24.2 Å². The molecule has 27 heavy (non-hydrogen) atoms. The van der Waals surface area contributed by atoms with Crippen LogP contribution in [0.25, 0.3) is 15.9 Å². The molecule has 1 aliphatic carbocycles. The Morgan fingerprint density at radius 3 is 2.70 bits per heavy atom. The fraction of sp³-hybridized carbons (Fsp3) is 0.316. The van der Waals surface area contributed by atoms with Crippen molar-refractivity contribution in [1.29, 1.82) is 0 Å². The summed E-state index contributed by atoms with van der Waals surface area (Å²) in [6.45, 7) is -0.268. The topological polar surface area (TPSA) is 87.1 Å². The van der Waals surface area contributed by atoms with Crippen LogP contribution in [0.4, 0.5) is 0 Å². The van der Waals surface area contributed by atoms with Crippen molar-refractivity contribution in [3.63, 3.8) is 0 Å². The lowest BCUT2D eigenvalue weighted by Gasteiger charge is -2.11. The minimum absolute atomic E-state index is 0.268. The van der Waals surface area contributed by atoms with Gasteiger partial charge in [-0.05, 0) is 49.4 Å². The molecular weight excluding hydrogens is 386 g/mol. The van der Waals surface area contributed by atoms with Gasteiger partial charge < -0.3 is 5.73 Å². The molecule has 2 heterocycles. The number of carbonyl (C=O) groups excluding carboxylic acids is 1. The maximum absolute atomic E-state index is 13.3. The number of thiophene rings is 1. The Bertz CT molecular complexity index is 1180. The molecule has 0 fully saturated rings. The van der Waals surface area contributed by atoms with Gasteiger partial charge in [-0.2, -0.15) is 0 Å². The van der Waals surface area contributed by atoms with Crippen LogP contribution in [0.1, 0.15) is 29.7 Å². The summed E-state index contributed by atoms with van der Waals surface area (Å²) in [6.07, 6.45) is 4.87. The second-order valence-corrected chi connectivity index (χ2v) is 8.22. The summed E-state index contributed by atoms with van der Waals surface area (Å²) < 4.78 is 2.41. The Labute approximate surface area is 163 Å². The number of aryl methyl sites for hydroxylation is 2. The Hall–Kier alpha value is -2.38. The van der Waals surface area contributed by atoms with Crippen molar-refractivity contribution in [2.24, 2.45) is 5.73 Å². The number of aromatic nitrogens is 2. The van der Waals surface area contributed by atoms with E-state index in [-0.39, 0.29) is 12.1 Å². The maximum Gasteiger partial charge on any atom is 0.337 e. The molecule has 0 saturated carbocycles. The van der Waals surface area contributed by atoms with E-state index in [4.69, 9.17) is 17.3 Å². The number of carbonyl (C=O) groups is 1. The molecule has 140 valence electrons. The van der Waals surface area contributed by atoms with Gasteiger partial charge in [0.2, 0.25) is 5.91 Å². The SMILES string of the molecule is NC(=O)Cn1c(=O)n(-c2cccc(Cl)c2)c(=O)c2c3c(sc21)CCCCC3. The Morgan fingerprint density at radius 2 is 1.96 bits per heavy atom. The lowest BCUT2D eigenvalue weighted by Crippen LogP contribution is -2.40. The number of rotatable bonds is 3. The molecule has 1 amide bonds.